The maximum Gasteiger partial charge on any atom is 0.0606 e. The summed E-state index contributed by atoms with van der Waals surface area (Å²) in [5.74, 6) is 0. The van der Waals surface area contributed by atoms with Gasteiger partial charge < -0.3 is 15.3 Å². The minimum Gasteiger partial charge on any atom is -0.395 e. The van der Waals surface area contributed by atoms with Crippen molar-refractivity contribution in [2.45, 2.75) is 45.2 Å². The van der Waals surface area contributed by atoms with Crippen molar-refractivity contribution in [3.63, 3.8) is 0 Å². The summed E-state index contributed by atoms with van der Waals surface area (Å²) in [4.78, 5) is 2.27. The summed E-state index contributed by atoms with van der Waals surface area (Å²) in [7, 11) is 0. The largest absolute Gasteiger partial charge is 0.395 e. The molecule has 1 aromatic carbocycles. The van der Waals surface area contributed by atoms with Gasteiger partial charge in [-0.15, -0.1) is 0 Å². The van der Waals surface area contributed by atoms with Crippen LogP contribution in [0.5, 0.6) is 0 Å². The zero-order valence-electron chi connectivity index (χ0n) is 11.9. The average molecular weight is 262 g/mol. The summed E-state index contributed by atoms with van der Waals surface area (Å²) in [5, 5.41) is 12.7. The first-order valence-electron chi connectivity index (χ1n) is 7.51. The Morgan fingerprint density at radius 1 is 1.21 bits per heavy atom. The van der Waals surface area contributed by atoms with E-state index in [1.54, 1.807) is 0 Å². The molecule has 19 heavy (non-hydrogen) atoms. The molecule has 1 aromatic rings. The van der Waals surface area contributed by atoms with E-state index in [0.717, 1.165) is 25.7 Å². The molecule has 0 aliphatic heterocycles. The zero-order chi connectivity index (χ0) is 13.5. The molecule has 0 atom stereocenters. The molecule has 0 saturated heterocycles. The Labute approximate surface area is 116 Å². The Morgan fingerprint density at radius 2 is 1.95 bits per heavy atom. The molecule has 1 saturated carbocycles. The second kappa shape index (κ2) is 7.51. The van der Waals surface area contributed by atoms with E-state index in [9.17, 15) is 0 Å². The molecule has 2 rings (SSSR count). The minimum atomic E-state index is 0.217. The number of nitrogens with one attached hydrogen (secondary N) is 1. The molecule has 0 heterocycles. The Kier molecular flexibility index (Phi) is 5.67. The highest BCUT2D eigenvalue weighted by molar-refractivity contribution is 5.47. The van der Waals surface area contributed by atoms with E-state index in [2.05, 4.69) is 41.4 Å². The van der Waals surface area contributed by atoms with E-state index in [0.29, 0.717) is 0 Å². The highest BCUT2D eigenvalue weighted by atomic mass is 16.3. The first-order valence-corrected chi connectivity index (χ1v) is 7.51. The highest BCUT2D eigenvalue weighted by Gasteiger charge is 2.19. The van der Waals surface area contributed by atoms with Crippen molar-refractivity contribution in [2.75, 3.05) is 24.6 Å². The van der Waals surface area contributed by atoms with Crippen molar-refractivity contribution < 1.29 is 5.11 Å². The fourth-order valence-corrected chi connectivity index (χ4v) is 2.21. The van der Waals surface area contributed by atoms with Gasteiger partial charge in [-0.1, -0.05) is 25.5 Å². The Hall–Kier alpha value is -1.06. The fraction of sp³-hybridized carbons (Fsp3) is 0.625. The predicted octanol–water partition coefficient (Wildman–Crippen LogP) is 2.54. The molecule has 0 amide bonds. The monoisotopic (exact) mass is 262 g/mol. The molecule has 3 heteroatoms. The fourth-order valence-electron chi connectivity index (χ4n) is 2.21. The van der Waals surface area contributed by atoms with Gasteiger partial charge in [0.2, 0.25) is 0 Å². The Morgan fingerprint density at radius 3 is 2.53 bits per heavy atom. The summed E-state index contributed by atoms with van der Waals surface area (Å²) in [6.45, 7) is 5.13. The number of unbranched alkanes of at least 4 members (excludes halogenated alkanes) is 1. The molecular weight excluding hydrogens is 236 g/mol. The molecular formula is C16H26N2O. The van der Waals surface area contributed by atoms with Gasteiger partial charge in [0.25, 0.3) is 0 Å². The summed E-state index contributed by atoms with van der Waals surface area (Å²) >= 11 is 0. The smallest absolute Gasteiger partial charge is 0.0606 e. The van der Waals surface area contributed by atoms with E-state index in [4.69, 9.17) is 5.11 Å². The van der Waals surface area contributed by atoms with Crippen molar-refractivity contribution >= 4 is 5.69 Å². The van der Waals surface area contributed by atoms with Gasteiger partial charge in [-0.2, -0.15) is 0 Å². The van der Waals surface area contributed by atoms with Crippen molar-refractivity contribution in [1.82, 2.24) is 5.32 Å². The number of anilines is 1. The first-order chi connectivity index (χ1) is 9.33. The van der Waals surface area contributed by atoms with Crippen LogP contribution < -0.4 is 10.2 Å². The third-order valence-corrected chi connectivity index (χ3v) is 3.63. The number of rotatable bonds is 9. The van der Waals surface area contributed by atoms with Gasteiger partial charge in [-0.05, 0) is 37.0 Å². The third-order valence-electron chi connectivity index (χ3n) is 3.63. The predicted molar refractivity (Wildman–Crippen MR) is 80.5 cm³/mol. The number of aliphatic hydroxyl groups excluding tert-OH is 1. The van der Waals surface area contributed by atoms with Gasteiger partial charge in [0.1, 0.15) is 0 Å². The van der Waals surface area contributed by atoms with Gasteiger partial charge in [-0.3, -0.25) is 0 Å². The summed E-state index contributed by atoms with van der Waals surface area (Å²) in [5.41, 5.74) is 2.56. The van der Waals surface area contributed by atoms with Crippen LogP contribution in [0.1, 0.15) is 38.2 Å². The SMILES string of the molecule is CCCCN(CCO)c1ccc(CNC2CC2)cc1. The van der Waals surface area contributed by atoms with Crippen LogP contribution in [0.15, 0.2) is 24.3 Å². The molecule has 3 nitrogen and oxygen atoms in total. The molecule has 1 aliphatic carbocycles. The number of aliphatic hydroxyl groups is 1. The number of benzene rings is 1. The molecule has 1 fully saturated rings. The van der Waals surface area contributed by atoms with Crippen LogP contribution in [-0.2, 0) is 6.54 Å². The highest BCUT2D eigenvalue weighted by Crippen LogP contribution is 2.20. The van der Waals surface area contributed by atoms with E-state index in [1.807, 2.05) is 0 Å². The van der Waals surface area contributed by atoms with Gasteiger partial charge in [0.15, 0.2) is 0 Å². The molecule has 0 radical (unpaired) electrons. The van der Waals surface area contributed by atoms with Gasteiger partial charge in [-0.25, -0.2) is 0 Å². The standard InChI is InChI=1S/C16H26N2O/c1-2-3-10-18(11-12-19)16-8-4-14(5-9-16)13-17-15-6-7-15/h4-5,8-9,15,17,19H,2-3,6-7,10-13H2,1H3. The van der Waals surface area contributed by atoms with E-state index in [-0.39, 0.29) is 6.61 Å². The Balaban J connectivity index is 1.89. The average Bonchev–Trinajstić information content (AvgIpc) is 3.26. The van der Waals surface area contributed by atoms with Crippen LogP contribution >= 0.6 is 0 Å². The third kappa shape index (κ3) is 4.84. The molecule has 0 spiro atoms. The van der Waals surface area contributed by atoms with Crippen LogP contribution in [0.3, 0.4) is 0 Å². The summed E-state index contributed by atoms with van der Waals surface area (Å²) in [6, 6.07) is 9.50. The number of nitrogens with zero attached hydrogens (tertiary/aromatic N) is 1. The molecule has 0 aromatic heterocycles. The maximum absolute atomic E-state index is 9.15. The second-order valence-corrected chi connectivity index (χ2v) is 5.39. The lowest BCUT2D eigenvalue weighted by molar-refractivity contribution is 0.301. The number of hydrogen-bond acceptors (Lipinski definition) is 3. The number of hydrogen-bond donors (Lipinski definition) is 2. The summed E-state index contributed by atoms with van der Waals surface area (Å²) in [6.07, 6.45) is 5.02. The molecule has 0 bridgehead atoms. The Bertz CT molecular complexity index is 360. The van der Waals surface area contributed by atoms with Gasteiger partial charge in [0, 0.05) is 31.4 Å². The van der Waals surface area contributed by atoms with Gasteiger partial charge in [0.05, 0.1) is 6.61 Å². The molecule has 0 unspecified atom stereocenters. The van der Waals surface area contributed by atoms with Crippen molar-refractivity contribution in [1.29, 1.82) is 0 Å². The summed E-state index contributed by atoms with van der Waals surface area (Å²) < 4.78 is 0. The maximum atomic E-state index is 9.15. The van der Waals surface area contributed by atoms with Crippen molar-refractivity contribution in [3.8, 4) is 0 Å². The lowest BCUT2D eigenvalue weighted by Gasteiger charge is -2.24. The van der Waals surface area contributed by atoms with Crippen LogP contribution in [0.4, 0.5) is 5.69 Å². The zero-order valence-corrected chi connectivity index (χ0v) is 11.9. The van der Waals surface area contributed by atoms with Crippen LogP contribution in [0.25, 0.3) is 0 Å². The lowest BCUT2D eigenvalue weighted by atomic mass is 10.2. The first kappa shape index (κ1) is 14.4. The molecule has 106 valence electrons. The van der Waals surface area contributed by atoms with Crippen LogP contribution in [-0.4, -0.2) is 30.8 Å². The van der Waals surface area contributed by atoms with E-state index >= 15 is 0 Å². The van der Waals surface area contributed by atoms with Gasteiger partial charge >= 0.3 is 0 Å². The molecule has 1 aliphatic rings. The van der Waals surface area contributed by atoms with Crippen LogP contribution in [0.2, 0.25) is 0 Å². The van der Waals surface area contributed by atoms with Crippen molar-refractivity contribution in [3.05, 3.63) is 29.8 Å². The second-order valence-electron chi connectivity index (χ2n) is 5.39. The van der Waals surface area contributed by atoms with E-state index < -0.39 is 0 Å². The van der Waals surface area contributed by atoms with Crippen LogP contribution in [0, 0.1) is 0 Å². The van der Waals surface area contributed by atoms with E-state index in [1.165, 1.54) is 36.9 Å². The topological polar surface area (TPSA) is 35.5 Å². The molecule has 2 N–H and O–H groups in total. The normalized spacial score (nSPS) is 14.6. The quantitative estimate of drug-likeness (QED) is 0.718. The lowest BCUT2D eigenvalue weighted by Crippen LogP contribution is -2.27. The minimum absolute atomic E-state index is 0.217. The van der Waals surface area contributed by atoms with Crippen molar-refractivity contribution in [2.24, 2.45) is 0 Å².